The zero-order valence-corrected chi connectivity index (χ0v) is 14.1. The fourth-order valence-electron chi connectivity index (χ4n) is 2.97. The zero-order chi connectivity index (χ0) is 15.9. The van der Waals surface area contributed by atoms with E-state index in [0.29, 0.717) is 17.4 Å². The van der Waals surface area contributed by atoms with E-state index in [4.69, 9.17) is 4.42 Å². The summed E-state index contributed by atoms with van der Waals surface area (Å²) in [7, 11) is 0. The minimum Gasteiger partial charge on any atom is -0.467 e. The van der Waals surface area contributed by atoms with Crippen LogP contribution >= 0.6 is 11.8 Å². The third-order valence-electron chi connectivity index (χ3n) is 4.15. The van der Waals surface area contributed by atoms with Crippen LogP contribution < -0.4 is 10.6 Å². The van der Waals surface area contributed by atoms with Crippen molar-refractivity contribution in [1.82, 2.24) is 10.6 Å². The molecule has 1 heterocycles. The van der Waals surface area contributed by atoms with Crippen molar-refractivity contribution in [3.63, 3.8) is 0 Å². The van der Waals surface area contributed by atoms with Gasteiger partial charge in [0, 0.05) is 23.8 Å². The summed E-state index contributed by atoms with van der Waals surface area (Å²) in [6.45, 7) is 1.89. The topological polar surface area (TPSA) is 74.5 Å². The lowest BCUT2D eigenvalue weighted by Crippen LogP contribution is -2.50. The lowest BCUT2D eigenvalue weighted by atomic mass is 9.95. The minimum atomic E-state index is -0.695. The van der Waals surface area contributed by atoms with Crippen LogP contribution in [0.25, 0.3) is 0 Å². The summed E-state index contributed by atoms with van der Waals surface area (Å²) in [4.78, 5) is 12.1. The second-order valence-corrected chi connectivity index (χ2v) is 7.03. The van der Waals surface area contributed by atoms with Crippen LogP contribution in [-0.4, -0.2) is 34.7 Å². The maximum atomic E-state index is 12.1. The number of hydrogen-bond donors (Lipinski definition) is 3. The molecule has 2 amide bonds. The summed E-state index contributed by atoms with van der Waals surface area (Å²) >= 11 is 1.83. The van der Waals surface area contributed by atoms with E-state index in [-0.39, 0.29) is 18.1 Å². The molecule has 1 fully saturated rings. The molecule has 1 aromatic rings. The molecular weight excluding hydrogens is 300 g/mol. The third kappa shape index (κ3) is 4.95. The standard InChI is InChI=1S/C16H26N2O3S/c1-11(10-13(19)14-7-5-9-21-14)17-16(20)18-12-6-3-4-8-15(12)22-2/h5,7,9,11-13,15,19H,3-4,6,8,10H2,1-2H3,(H2,17,18,20)/t11-,12-,13+,15+/m0/s1. The van der Waals surface area contributed by atoms with Gasteiger partial charge in [0.25, 0.3) is 0 Å². The van der Waals surface area contributed by atoms with Gasteiger partial charge in [0.15, 0.2) is 0 Å². The quantitative estimate of drug-likeness (QED) is 0.751. The van der Waals surface area contributed by atoms with Gasteiger partial charge in [-0.15, -0.1) is 0 Å². The molecule has 124 valence electrons. The van der Waals surface area contributed by atoms with Crippen LogP contribution in [0.5, 0.6) is 0 Å². The Labute approximate surface area is 136 Å². The molecule has 6 heteroatoms. The first kappa shape index (κ1) is 17.2. The Kier molecular flexibility index (Phi) is 6.64. The van der Waals surface area contributed by atoms with Gasteiger partial charge >= 0.3 is 6.03 Å². The number of hydrogen-bond acceptors (Lipinski definition) is 4. The largest absolute Gasteiger partial charge is 0.467 e. The number of aliphatic hydroxyl groups is 1. The molecule has 0 saturated heterocycles. The highest BCUT2D eigenvalue weighted by atomic mass is 32.2. The average Bonchev–Trinajstić information content (AvgIpc) is 3.01. The van der Waals surface area contributed by atoms with Crippen LogP contribution in [-0.2, 0) is 0 Å². The van der Waals surface area contributed by atoms with Gasteiger partial charge in [-0.3, -0.25) is 0 Å². The van der Waals surface area contributed by atoms with Crippen molar-refractivity contribution in [3.05, 3.63) is 24.2 Å². The molecule has 0 radical (unpaired) electrons. The Balaban J connectivity index is 1.76. The first-order chi connectivity index (χ1) is 10.6. The molecule has 22 heavy (non-hydrogen) atoms. The minimum absolute atomic E-state index is 0.128. The van der Waals surface area contributed by atoms with E-state index in [1.54, 1.807) is 12.1 Å². The van der Waals surface area contributed by atoms with Gasteiger partial charge in [0.1, 0.15) is 11.9 Å². The highest BCUT2D eigenvalue weighted by molar-refractivity contribution is 7.99. The van der Waals surface area contributed by atoms with Crippen LogP contribution in [0, 0.1) is 0 Å². The Hall–Kier alpha value is -1.14. The van der Waals surface area contributed by atoms with Gasteiger partial charge < -0.3 is 20.2 Å². The number of nitrogens with one attached hydrogen (secondary N) is 2. The molecular formula is C16H26N2O3S. The van der Waals surface area contributed by atoms with Crippen molar-refractivity contribution in [2.45, 2.75) is 62.5 Å². The van der Waals surface area contributed by atoms with Gasteiger partial charge in [0.2, 0.25) is 0 Å². The number of amides is 2. The molecule has 0 spiro atoms. The normalized spacial score (nSPS) is 24.5. The third-order valence-corrected chi connectivity index (χ3v) is 5.32. The Morgan fingerprint density at radius 3 is 2.95 bits per heavy atom. The Bertz CT molecular complexity index is 452. The maximum absolute atomic E-state index is 12.1. The van der Waals surface area contributed by atoms with Crippen molar-refractivity contribution in [2.75, 3.05) is 6.26 Å². The second-order valence-electron chi connectivity index (χ2n) is 5.95. The van der Waals surface area contributed by atoms with E-state index >= 15 is 0 Å². The number of thioether (sulfide) groups is 1. The summed E-state index contributed by atoms with van der Waals surface area (Å²) < 4.78 is 5.17. The fourth-order valence-corrected chi connectivity index (χ4v) is 3.90. The van der Waals surface area contributed by atoms with Gasteiger partial charge in [-0.1, -0.05) is 12.8 Å². The summed E-state index contributed by atoms with van der Waals surface area (Å²) in [5.41, 5.74) is 0. The predicted octanol–water partition coefficient (Wildman–Crippen LogP) is 3.07. The second kappa shape index (κ2) is 8.48. The molecule has 5 nitrogen and oxygen atoms in total. The lowest BCUT2D eigenvalue weighted by Gasteiger charge is -2.31. The highest BCUT2D eigenvalue weighted by Crippen LogP contribution is 2.27. The number of carbonyl (C=O) groups excluding carboxylic acids is 1. The number of urea groups is 1. The monoisotopic (exact) mass is 326 g/mol. The molecule has 4 atom stereocenters. The van der Waals surface area contributed by atoms with E-state index < -0.39 is 6.10 Å². The van der Waals surface area contributed by atoms with Crippen molar-refractivity contribution in [3.8, 4) is 0 Å². The van der Waals surface area contributed by atoms with Crippen LogP contribution in [0.15, 0.2) is 22.8 Å². The van der Waals surface area contributed by atoms with E-state index in [1.165, 1.54) is 25.5 Å². The maximum Gasteiger partial charge on any atom is 0.315 e. The summed E-state index contributed by atoms with van der Waals surface area (Å²) in [6.07, 6.45) is 8.00. The molecule has 1 aromatic heterocycles. The molecule has 0 aromatic carbocycles. The van der Waals surface area contributed by atoms with Gasteiger partial charge in [-0.05, 0) is 38.2 Å². The van der Waals surface area contributed by atoms with E-state index in [0.717, 1.165) is 6.42 Å². The van der Waals surface area contributed by atoms with Gasteiger partial charge in [0.05, 0.1) is 6.26 Å². The van der Waals surface area contributed by atoms with Crippen molar-refractivity contribution in [2.24, 2.45) is 0 Å². The van der Waals surface area contributed by atoms with Crippen molar-refractivity contribution in [1.29, 1.82) is 0 Å². The molecule has 1 aliphatic carbocycles. The summed E-state index contributed by atoms with van der Waals surface area (Å²) in [5.74, 6) is 0.531. The molecule has 2 rings (SSSR count). The molecule has 1 aliphatic rings. The van der Waals surface area contributed by atoms with Gasteiger partial charge in [-0.2, -0.15) is 11.8 Å². The summed E-state index contributed by atoms with van der Waals surface area (Å²) in [6, 6.07) is 3.45. The SMILES string of the molecule is CS[C@@H]1CCCC[C@@H]1NC(=O)N[C@@H](C)C[C@@H](O)c1ccco1. The Morgan fingerprint density at radius 2 is 2.27 bits per heavy atom. The highest BCUT2D eigenvalue weighted by Gasteiger charge is 2.26. The smallest absolute Gasteiger partial charge is 0.315 e. The molecule has 0 unspecified atom stereocenters. The van der Waals surface area contributed by atoms with Crippen LogP contribution in [0.2, 0.25) is 0 Å². The van der Waals surface area contributed by atoms with Crippen LogP contribution in [0.1, 0.15) is 50.9 Å². The molecule has 0 bridgehead atoms. The molecule has 1 saturated carbocycles. The van der Waals surface area contributed by atoms with Crippen LogP contribution in [0.3, 0.4) is 0 Å². The van der Waals surface area contributed by atoms with E-state index in [1.807, 2.05) is 18.7 Å². The number of carbonyl (C=O) groups is 1. The lowest BCUT2D eigenvalue weighted by molar-refractivity contribution is 0.129. The Morgan fingerprint density at radius 1 is 1.50 bits per heavy atom. The average molecular weight is 326 g/mol. The van der Waals surface area contributed by atoms with Crippen molar-refractivity contribution < 1.29 is 14.3 Å². The zero-order valence-electron chi connectivity index (χ0n) is 13.2. The van der Waals surface area contributed by atoms with E-state index in [2.05, 4.69) is 16.9 Å². The molecule has 0 aliphatic heterocycles. The summed E-state index contributed by atoms with van der Waals surface area (Å²) in [5, 5.41) is 16.5. The predicted molar refractivity (Wildman–Crippen MR) is 89.0 cm³/mol. The number of aliphatic hydroxyl groups excluding tert-OH is 1. The number of furan rings is 1. The van der Waals surface area contributed by atoms with Crippen LogP contribution in [0.4, 0.5) is 4.79 Å². The number of rotatable bonds is 6. The van der Waals surface area contributed by atoms with E-state index in [9.17, 15) is 9.90 Å². The molecule has 3 N–H and O–H groups in total. The first-order valence-corrected chi connectivity index (χ1v) is 9.20. The first-order valence-electron chi connectivity index (χ1n) is 7.91. The van der Waals surface area contributed by atoms with Crippen molar-refractivity contribution >= 4 is 17.8 Å². The van der Waals surface area contributed by atoms with Gasteiger partial charge in [-0.25, -0.2) is 4.79 Å². The fraction of sp³-hybridized carbons (Fsp3) is 0.688.